The lowest BCUT2D eigenvalue weighted by molar-refractivity contribution is 0.389. The van der Waals surface area contributed by atoms with Gasteiger partial charge in [0.15, 0.2) is 0 Å². The van der Waals surface area contributed by atoms with E-state index in [4.69, 9.17) is 4.52 Å². The molecule has 0 aliphatic carbocycles. The lowest BCUT2D eigenvalue weighted by Crippen LogP contribution is -1.97. The first-order chi connectivity index (χ1) is 8.24. The van der Waals surface area contributed by atoms with Crippen molar-refractivity contribution in [3.63, 3.8) is 0 Å². The summed E-state index contributed by atoms with van der Waals surface area (Å²) in [4.78, 5) is 0. The third kappa shape index (κ3) is 1.89. The van der Waals surface area contributed by atoms with Crippen LogP contribution in [0.25, 0.3) is 10.9 Å². The van der Waals surface area contributed by atoms with E-state index in [1.165, 1.54) is 10.9 Å². The maximum Gasteiger partial charge on any atom is 0.133 e. The van der Waals surface area contributed by atoms with Gasteiger partial charge < -0.3 is 9.09 Å². The van der Waals surface area contributed by atoms with Gasteiger partial charge in [0.25, 0.3) is 0 Å². The van der Waals surface area contributed by atoms with Gasteiger partial charge in [-0.05, 0) is 25.1 Å². The summed E-state index contributed by atoms with van der Waals surface area (Å²) in [7, 11) is 0. The Balaban J connectivity index is 2.04. The van der Waals surface area contributed by atoms with Crippen LogP contribution < -0.4 is 0 Å². The van der Waals surface area contributed by atoms with Gasteiger partial charge in [-0.2, -0.15) is 0 Å². The summed E-state index contributed by atoms with van der Waals surface area (Å²) in [6, 6.07) is 10.3. The van der Waals surface area contributed by atoms with Gasteiger partial charge in [0.1, 0.15) is 11.5 Å². The number of rotatable bonds is 2. The van der Waals surface area contributed by atoms with Crippen molar-refractivity contribution in [3.05, 3.63) is 52.5 Å². The molecule has 0 saturated heterocycles. The molecule has 3 aromatic rings. The summed E-state index contributed by atoms with van der Waals surface area (Å²) in [6.45, 7) is 2.64. The van der Waals surface area contributed by atoms with Crippen molar-refractivity contribution in [1.82, 2.24) is 9.72 Å². The fraction of sp³-hybridized carbons (Fsp3) is 0.154. The first-order valence-corrected chi connectivity index (χ1v) is 6.19. The molecule has 0 fully saturated rings. The third-order valence-electron chi connectivity index (χ3n) is 2.77. The molecule has 86 valence electrons. The van der Waals surface area contributed by atoms with Gasteiger partial charge in [-0.3, -0.25) is 0 Å². The zero-order valence-electron chi connectivity index (χ0n) is 9.35. The highest BCUT2D eigenvalue weighted by Gasteiger charge is 2.06. The molecule has 0 saturated carbocycles. The number of fused-ring (bicyclic) bond motifs is 1. The second kappa shape index (κ2) is 4.04. The molecule has 0 unspecified atom stereocenters. The lowest BCUT2D eigenvalue weighted by atomic mass is 10.2. The van der Waals surface area contributed by atoms with Crippen LogP contribution in [0, 0.1) is 6.92 Å². The minimum Gasteiger partial charge on any atom is -0.361 e. The highest BCUT2D eigenvalue weighted by Crippen LogP contribution is 2.25. The molecule has 0 aliphatic rings. The molecular formula is C13H11BrN2O. The zero-order chi connectivity index (χ0) is 11.8. The van der Waals surface area contributed by atoms with Crippen LogP contribution in [-0.2, 0) is 6.54 Å². The fourth-order valence-electron chi connectivity index (χ4n) is 1.99. The largest absolute Gasteiger partial charge is 0.361 e. The molecular weight excluding hydrogens is 280 g/mol. The SMILES string of the molecule is Cc1cc(Cn2ccc3c(Br)cccc32)no1. The Bertz CT molecular complexity index is 669. The van der Waals surface area contributed by atoms with Gasteiger partial charge >= 0.3 is 0 Å². The van der Waals surface area contributed by atoms with Crippen molar-refractivity contribution >= 4 is 26.8 Å². The van der Waals surface area contributed by atoms with E-state index in [2.05, 4.69) is 44.0 Å². The van der Waals surface area contributed by atoms with E-state index < -0.39 is 0 Å². The maximum absolute atomic E-state index is 5.08. The van der Waals surface area contributed by atoms with Crippen molar-refractivity contribution in [2.45, 2.75) is 13.5 Å². The number of hydrogen-bond donors (Lipinski definition) is 0. The topological polar surface area (TPSA) is 31.0 Å². The van der Waals surface area contributed by atoms with Crippen molar-refractivity contribution in [2.75, 3.05) is 0 Å². The van der Waals surface area contributed by atoms with E-state index in [0.717, 1.165) is 22.5 Å². The Morgan fingerprint density at radius 1 is 1.35 bits per heavy atom. The minimum absolute atomic E-state index is 0.733. The maximum atomic E-state index is 5.08. The molecule has 0 N–H and O–H groups in total. The van der Waals surface area contributed by atoms with E-state index in [1.54, 1.807) is 0 Å². The van der Waals surface area contributed by atoms with Gasteiger partial charge in [0.05, 0.1) is 6.54 Å². The molecule has 0 atom stereocenters. The average Bonchev–Trinajstić information content (AvgIpc) is 2.88. The number of hydrogen-bond acceptors (Lipinski definition) is 2. The first-order valence-electron chi connectivity index (χ1n) is 5.39. The molecule has 2 aromatic heterocycles. The summed E-state index contributed by atoms with van der Waals surface area (Å²) in [6.07, 6.45) is 2.07. The summed E-state index contributed by atoms with van der Waals surface area (Å²) < 4.78 is 8.36. The minimum atomic E-state index is 0.733. The van der Waals surface area contributed by atoms with Gasteiger partial charge in [-0.25, -0.2) is 0 Å². The predicted molar refractivity (Wildman–Crippen MR) is 70.0 cm³/mol. The Morgan fingerprint density at radius 2 is 2.24 bits per heavy atom. The second-order valence-electron chi connectivity index (χ2n) is 4.05. The van der Waals surface area contributed by atoms with Gasteiger partial charge in [-0.15, -0.1) is 0 Å². The first kappa shape index (κ1) is 10.6. The van der Waals surface area contributed by atoms with Crippen LogP contribution in [0.3, 0.4) is 0 Å². The summed E-state index contributed by atoms with van der Waals surface area (Å²) in [5, 5.41) is 5.23. The predicted octanol–water partition coefficient (Wildman–Crippen LogP) is 3.75. The highest BCUT2D eigenvalue weighted by atomic mass is 79.9. The molecule has 17 heavy (non-hydrogen) atoms. The molecule has 3 rings (SSSR count). The Morgan fingerprint density at radius 3 is 3.00 bits per heavy atom. The fourth-order valence-corrected chi connectivity index (χ4v) is 2.48. The molecule has 3 nitrogen and oxygen atoms in total. The zero-order valence-corrected chi connectivity index (χ0v) is 10.9. The van der Waals surface area contributed by atoms with E-state index >= 15 is 0 Å². The Hall–Kier alpha value is -1.55. The number of benzene rings is 1. The number of aromatic nitrogens is 2. The van der Waals surface area contributed by atoms with Crippen LogP contribution in [-0.4, -0.2) is 9.72 Å². The van der Waals surface area contributed by atoms with Crippen molar-refractivity contribution in [3.8, 4) is 0 Å². The summed E-state index contributed by atoms with van der Waals surface area (Å²) in [5.41, 5.74) is 2.14. The van der Waals surface area contributed by atoms with Crippen molar-refractivity contribution < 1.29 is 4.52 Å². The van der Waals surface area contributed by atoms with Crippen LogP contribution in [0.5, 0.6) is 0 Å². The normalized spacial score (nSPS) is 11.2. The molecule has 0 spiro atoms. The molecule has 0 aliphatic heterocycles. The number of halogens is 1. The Labute approximate surface area is 107 Å². The average molecular weight is 291 g/mol. The van der Waals surface area contributed by atoms with Crippen molar-refractivity contribution in [2.24, 2.45) is 0 Å². The van der Waals surface area contributed by atoms with E-state index in [9.17, 15) is 0 Å². The lowest BCUT2D eigenvalue weighted by Gasteiger charge is -2.02. The van der Waals surface area contributed by atoms with Crippen LogP contribution >= 0.6 is 15.9 Å². The number of aryl methyl sites for hydroxylation is 1. The number of nitrogens with zero attached hydrogens (tertiary/aromatic N) is 2. The van der Waals surface area contributed by atoms with Crippen LogP contribution in [0.2, 0.25) is 0 Å². The van der Waals surface area contributed by atoms with Crippen LogP contribution in [0.4, 0.5) is 0 Å². The summed E-state index contributed by atoms with van der Waals surface area (Å²) in [5.74, 6) is 0.845. The molecule has 0 radical (unpaired) electrons. The molecule has 0 amide bonds. The standard InChI is InChI=1S/C13H11BrN2O/c1-9-7-10(15-17-9)8-16-6-5-11-12(14)3-2-4-13(11)16/h2-7H,8H2,1H3. The smallest absolute Gasteiger partial charge is 0.133 e. The van der Waals surface area contributed by atoms with E-state index in [-0.39, 0.29) is 0 Å². The quantitative estimate of drug-likeness (QED) is 0.720. The van der Waals surface area contributed by atoms with Gasteiger partial charge in [0.2, 0.25) is 0 Å². The molecule has 1 aromatic carbocycles. The monoisotopic (exact) mass is 290 g/mol. The summed E-state index contributed by atoms with van der Waals surface area (Å²) >= 11 is 3.55. The second-order valence-corrected chi connectivity index (χ2v) is 4.90. The Kier molecular flexibility index (Phi) is 2.52. The van der Waals surface area contributed by atoms with Crippen LogP contribution in [0.1, 0.15) is 11.5 Å². The van der Waals surface area contributed by atoms with E-state index in [0.29, 0.717) is 0 Å². The molecule has 0 bridgehead atoms. The molecule has 4 heteroatoms. The molecule has 2 heterocycles. The van der Waals surface area contributed by atoms with Gasteiger partial charge in [-0.1, -0.05) is 27.2 Å². The van der Waals surface area contributed by atoms with E-state index in [1.807, 2.05) is 25.1 Å². The van der Waals surface area contributed by atoms with Crippen LogP contribution in [0.15, 0.2) is 45.5 Å². The van der Waals surface area contributed by atoms with Gasteiger partial charge in [0, 0.05) is 27.6 Å². The third-order valence-corrected chi connectivity index (χ3v) is 3.46. The van der Waals surface area contributed by atoms with Crippen molar-refractivity contribution in [1.29, 1.82) is 0 Å². The highest BCUT2D eigenvalue weighted by molar-refractivity contribution is 9.10.